The average Bonchev–Trinajstić information content (AvgIpc) is 2.36. The van der Waals surface area contributed by atoms with Gasteiger partial charge in [0.2, 0.25) is 0 Å². The van der Waals surface area contributed by atoms with Gasteiger partial charge in [-0.15, -0.1) is 0 Å². The Hall–Kier alpha value is -0.570. The number of rotatable bonds is 11. The van der Waals surface area contributed by atoms with E-state index in [0.717, 1.165) is 19.3 Å². The summed E-state index contributed by atoms with van der Waals surface area (Å²) in [5.74, 6) is 0.379. The molecule has 0 aromatic heterocycles. The Bertz CT molecular complexity index is 239. The van der Waals surface area contributed by atoms with Crippen LogP contribution in [0.4, 0.5) is 0 Å². The number of carbonyl (C=O) groups is 1. The van der Waals surface area contributed by atoms with Crippen LogP contribution in [0.1, 0.15) is 92.4 Å². The molecule has 0 heterocycles. The molecule has 0 saturated carbocycles. The van der Waals surface area contributed by atoms with Gasteiger partial charge in [0, 0.05) is 6.42 Å². The highest BCUT2D eigenvalue weighted by Gasteiger charge is 2.28. The van der Waals surface area contributed by atoms with Crippen molar-refractivity contribution < 1.29 is 9.53 Å². The third-order valence-electron chi connectivity index (χ3n) is 4.16. The maximum Gasteiger partial charge on any atom is 0.306 e. The van der Waals surface area contributed by atoms with Crippen LogP contribution in [0, 0.1) is 5.92 Å². The van der Waals surface area contributed by atoms with E-state index in [2.05, 4.69) is 20.8 Å². The van der Waals surface area contributed by atoms with E-state index in [-0.39, 0.29) is 17.7 Å². The van der Waals surface area contributed by atoms with Crippen molar-refractivity contribution in [3.8, 4) is 0 Å². The fourth-order valence-electron chi connectivity index (χ4n) is 2.16. The molecule has 3 nitrogen and oxygen atoms in total. The van der Waals surface area contributed by atoms with E-state index in [9.17, 15) is 4.79 Å². The molecule has 0 aromatic rings. The van der Waals surface area contributed by atoms with Crippen molar-refractivity contribution in [3.63, 3.8) is 0 Å². The van der Waals surface area contributed by atoms with Crippen LogP contribution in [-0.2, 0) is 9.53 Å². The number of ether oxygens (including phenoxy) is 1. The summed E-state index contributed by atoms with van der Waals surface area (Å²) in [4.78, 5) is 11.8. The van der Waals surface area contributed by atoms with Gasteiger partial charge in [-0.25, -0.2) is 0 Å². The highest BCUT2D eigenvalue weighted by Crippen LogP contribution is 2.24. The monoisotopic (exact) mass is 287 g/mol. The lowest BCUT2D eigenvalue weighted by molar-refractivity contribution is -0.161. The highest BCUT2D eigenvalue weighted by molar-refractivity contribution is 5.69. The van der Waals surface area contributed by atoms with Crippen molar-refractivity contribution in [2.75, 3.05) is 0 Å². The number of hydrogen-bond donors (Lipinski definition) is 1. The molecule has 0 saturated heterocycles. The van der Waals surface area contributed by atoms with Gasteiger partial charge in [0.15, 0.2) is 0 Å². The second-order valence-electron chi connectivity index (χ2n) is 6.26. The van der Waals surface area contributed by atoms with Crippen molar-refractivity contribution in [1.29, 1.82) is 0 Å². The Labute approximate surface area is 126 Å². The quantitative estimate of drug-likeness (QED) is 0.394. The predicted molar refractivity (Wildman–Crippen MR) is 87.3 cm³/mol. The van der Waals surface area contributed by atoms with Crippen LogP contribution in [0.5, 0.6) is 0 Å². The third kappa shape index (κ3) is 10.2. The van der Waals surface area contributed by atoms with E-state index in [1.807, 2.05) is 13.8 Å². The smallest absolute Gasteiger partial charge is 0.306 e. The van der Waals surface area contributed by atoms with Gasteiger partial charge in [0.05, 0.1) is 0 Å². The Morgan fingerprint density at radius 3 is 2.00 bits per heavy atom. The van der Waals surface area contributed by atoms with E-state index in [1.165, 1.54) is 32.1 Å². The summed E-state index contributed by atoms with van der Waals surface area (Å²) in [7, 11) is 0. The lowest BCUT2D eigenvalue weighted by Crippen LogP contribution is -2.34. The number of unbranched alkanes of at least 4 members (excludes halogenated alkanes) is 6. The summed E-state index contributed by atoms with van der Waals surface area (Å²) < 4.78 is 5.60. The van der Waals surface area contributed by atoms with E-state index in [0.29, 0.717) is 12.3 Å². The van der Waals surface area contributed by atoms with Crippen LogP contribution in [0.25, 0.3) is 0 Å². The molecule has 0 bridgehead atoms. The second-order valence-corrected chi connectivity index (χ2v) is 6.26. The summed E-state index contributed by atoms with van der Waals surface area (Å²) in [6, 6.07) is 0. The molecule has 20 heavy (non-hydrogen) atoms. The third-order valence-corrected chi connectivity index (χ3v) is 4.16. The van der Waals surface area contributed by atoms with Gasteiger partial charge < -0.3 is 10.9 Å². The molecule has 0 spiro atoms. The molecule has 1 atom stereocenters. The summed E-state index contributed by atoms with van der Waals surface area (Å²) in [6.45, 7) is 10.5. The van der Waals surface area contributed by atoms with E-state index >= 15 is 0 Å². The molecule has 0 fully saturated rings. The van der Waals surface area contributed by atoms with Gasteiger partial charge in [0.25, 0.3) is 0 Å². The normalized spacial score (nSPS) is 12.7. The van der Waals surface area contributed by atoms with Crippen LogP contribution >= 0.6 is 0 Å². The summed E-state index contributed by atoms with van der Waals surface area (Å²) in [5.41, 5.74) is -0.326. The summed E-state index contributed by atoms with van der Waals surface area (Å²) in [6.07, 6.45) is 10.3. The zero-order valence-electron chi connectivity index (χ0n) is 14.5. The molecule has 0 aliphatic heterocycles. The number of esters is 1. The minimum Gasteiger partial charge on any atom is -0.459 e. The molecule has 0 aliphatic rings. The molecule has 122 valence electrons. The van der Waals surface area contributed by atoms with E-state index in [1.54, 1.807) is 0 Å². The predicted octanol–water partition coefficient (Wildman–Crippen LogP) is 5.66. The summed E-state index contributed by atoms with van der Waals surface area (Å²) in [5, 5.41) is 0. The van der Waals surface area contributed by atoms with E-state index < -0.39 is 0 Å². The Balaban J connectivity index is 0. The van der Waals surface area contributed by atoms with Gasteiger partial charge in [-0.1, -0.05) is 59.3 Å². The molecule has 0 rings (SSSR count). The SMILES string of the molecule is CCCCCCCCCC(=O)OC(C)(C)C(C)CC.N. The van der Waals surface area contributed by atoms with Crippen molar-refractivity contribution >= 4 is 5.97 Å². The fraction of sp³-hybridized carbons (Fsp3) is 0.941. The first kappa shape index (κ1) is 21.7. The maximum absolute atomic E-state index is 11.8. The molecule has 0 radical (unpaired) electrons. The standard InChI is InChI=1S/C17H34O2.H3N/c1-6-8-9-10-11-12-13-14-16(18)19-17(4,5)15(3)7-2;/h15H,6-14H2,1-5H3;1H3. The highest BCUT2D eigenvalue weighted by atomic mass is 16.6. The lowest BCUT2D eigenvalue weighted by atomic mass is 9.90. The first-order valence-electron chi connectivity index (χ1n) is 8.15. The zero-order valence-corrected chi connectivity index (χ0v) is 14.5. The molecule has 1 unspecified atom stereocenters. The number of carbonyl (C=O) groups excluding carboxylic acids is 1. The van der Waals surface area contributed by atoms with E-state index in [4.69, 9.17) is 4.74 Å². The van der Waals surface area contributed by atoms with Crippen molar-refractivity contribution in [2.24, 2.45) is 5.92 Å². The minimum absolute atomic E-state index is 0. The topological polar surface area (TPSA) is 61.3 Å². The Kier molecular flexibility index (Phi) is 13.2. The van der Waals surface area contributed by atoms with Crippen molar-refractivity contribution in [1.82, 2.24) is 6.15 Å². The molecular formula is C17H37NO2. The van der Waals surface area contributed by atoms with Gasteiger partial charge in [0.1, 0.15) is 5.60 Å². The first-order valence-corrected chi connectivity index (χ1v) is 8.15. The molecular weight excluding hydrogens is 250 g/mol. The fourth-order valence-corrected chi connectivity index (χ4v) is 2.16. The van der Waals surface area contributed by atoms with Crippen LogP contribution in [0.3, 0.4) is 0 Å². The average molecular weight is 287 g/mol. The van der Waals surface area contributed by atoms with Gasteiger partial charge in [-0.3, -0.25) is 4.79 Å². The van der Waals surface area contributed by atoms with Gasteiger partial charge in [-0.05, 0) is 32.6 Å². The molecule has 0 aromatic carbocycles. The van der Waals surface area contributed by atoms with Gasteiger partial charge in [-0.2, -0.15) is 0 Å². The Morgan fingerprint density at radius 1 is 1.00 bits per heavy atom. The summed E-state index contributed by atoms with van der Waals surface area (Å²) >= 11 is 0. The van der Waals surface area contributed by atoms with Crippen molar-refractivity contribution in [2.45, 2.75) is 98.0 Å². The minimum atomic E-state index is -0.326. The first-order chi connectivity index (χ1) is 8.94. The van der Waals surface area contributed by atoms with Crippen LogP contribution in [0.2, 0.25) is 0 Å². The second kappa shape index (κ2) is 12.2. The maximum atomic E-state index is 11.8. The molecule has 3 heteroatoms. The largest absolute Gasteiger partial charge is 0.459 e. The van der Waals surface area contributed by atoms with Crippen LogP contribution in [0.15, 0.2) is 0 Å². The molecule has 0 amide bonds. The van der Waals surface area contributed by atoms with Gasteiger partial charge >= 0.3 is 5.97 Å². The zero-order chi connectivity index (χ0) is 14.7. The Morgan fingerprint density at radius 2 is 1.50 bits per heavy atom. The molecule has 0 aliphatic carbocycles. The number of hydrogen-bond acceptors (Lipinski definition) is 3. The van der Waals surface area contributed by atoms with Crippen LogP contribution in [-0.4, -0.2) is 11.6 Å². The molecule has 3 N–H and O–H groups in total. The van der Waals surface area contributed by atoms with Crippen LogP contribution < -0.4 is 6.15 Å². The lowest BCUT2D eigenvalue weighted by Gasteiger charge is -2.31. The van der Waals surface area contributed by atoms with Crippen molar-refractivity contribution in [3.05, 3.63) is 0 Å².